The zero-order valence-electron chi connectivity index (χ0n) is 20.3. The van der Waals surface area contributed by atoms with Gasteiger partial charge in [0.05, 0.1) is 6.20 Å². The molecule has 1 aliphatic carbocycles. The second-order valence-corrected chi connectivity index (χ2v) is 10.8. The molecular weight excluding hydrogens is 447 g/mol. The highest BCUT2D eigenvalue weighted by Crippen LogP contribution is 2.43. The van der Waals surface area contributed by atoms with Crippen molar-refractivity contribution in [2.75, 3.05) is 10.6 Å². The van der Waals surface area contributed by atoms with Crippen LogP contribution in [0.2, 0.25) is 0 Å². The number of aromatic nitrogens is 6. The fourth-order valence-electron chi connectivity index (χ4n) is 5.21. The van der Waals surface area contributed by atoms with Crippen molar-refractivity contribution in [3.63, 3.8) is 0 Å². The zero-order chi connectivity index (χ0) is 24.8. The minimum atomic E-state index is -0.329. The van der Waals surface area contributed by atoms with E-state index in [0.29, 0.717) is 28.6 Å². The lowest BCUT2D eigenvalue weighted by Crippen LogP contribution is -2.60. The van der Waals surface area contributed by atoms with Gasteiger partial charge in [-0.15, -0.1) is 5.10 Å². The smallest absolute Gasteiger partial charge is 0.229 e. The van der Waals surface area contributed by atoms with E-state index >= 15 is 4.39 Å². The Labute approximate surface area is 203 Å². The number of tetrazole rings is 1. The lowest BCUT2D eigenvalue weighted by molar-refractivity contribution is 0.170. The van der Waals surface area contributed by atoms with Gasteiger partial charge in [0.25, 0.3) is 0 Å². The molecule has 10 nitrogen and oxygen atoms in total. The summed E-state index contributed by atoms with van der Waals surface area (Å²) in [6.45, 7) is 8.70. The Morgan fingerprint density at radius 3 is 2.54 bits per heavy atom. The first-order chi connectivity index (χ1) is 16.6. The van der Waals surface area contributed by atoms with Gasteiger partial charge < -0.3 is 16.0 Å². The van der Waals surface area contributed by atoms with Crippen molar-refractivity contribution in [2.24, 2.45) is 0 Å². The molecule has 1 aliphatic heterocycles. The number of rotatable bonds is 6. The molecule has 11 heteroatoms. The van der Waals surface area contributed by atoms with Crippen LogP contribution in [0.15, 0.2) is 24.7 Å². The standard InChI is InChI=1S/C24H29FN10/c1-23(2)9-17(10-24(3,4)32-23)29-21-15(11-26)12-27-22(31-21)30-16-7-18(14-5-6-14)20(25)19(8-16)35-13-28-33-34-35/h7-8,12-14,17,32H,5-6,9-10H2,1-4H3,(H2,27,29,30,31). The van der Waals surface area contributed by atoms with Gasteiger partial charge in [-0.25, -0.2) is 9.37 Å². The Balaban J connectivity index is 1.44. The molecule has 0 bridgehead atoms. The lowest BCUT2D eigenvalue weighted by atomic mass is 9.79. The molecule has 3 aromatic rings. The Bertz CT molecular complexity index is 1260. The maximum atomic E-state index is 15.2. The second kappa shape index (κ2) is 8.53. The minimum Gasteiger partial charge on any atom is -0.366 e. The third-order valence-electron chi connectivity index (χ3n) is 6.39. The number of halogens is 1. The molecule has 182 valence electrons. The van der Waals surface area contributed by atoms with E-state index in [1.807, 2.05) is 0 Å². The van der Waals surface area contributed by atoms with Crippen LogP contribution in [0.1, 0.15) is 70.4 Å². The summed E-state index contributed by atoms with van der Waals surface area (Å²) >= 11 is 0. The van der Waals surface area contributed by atoms with E-state index in [4.69, 9.17) is 0 Å². The summed E-state index contributed by atoms with van der Waals surface area (Å²) < 4.78 is 16.5. The highest BCUT2D eigenvalue weighted by molar-refractivity contribution is 5.63. The minimum absolute atomic E-state index is 0.0553. The molecule has 0 radical (unpaired) electrons. The van der Waals surface area contributed by atoms with Gasteiger partial charge in [0, 0.05) is 22.8 Å². The molecule has 3 heterocycles. The maximum Gasteiger partial charge on any atom is 0.229 e. The number of anilines is 3. The van der Waals surface area contributed by atoms with Crippen molar-refractivity contribution in [3.8, 4) is 11.8 Å². The number of hydrogen-bond acceptors (Lipinski definition) is 9. The average Bonchev–Trinajstić information content (AvgIpc) is 3.46. The Kier molecular flexibility index (Phi) is 5.63. The molecule has 1 aromatic carbocycles. The number of nitrogens with one attached hydrogen (secondary N) is 3. The van der Waals surface area contributed by atoms with Gasteiger partial charge in [0.2, 0.25) is 5.95 Å². The molecule has 35 heavy (non-hydrogen) atoms. The predicted molar refractivity (Wildman–Crippen MR) is 129 cm³/mol. The van der Waals surface area contributed by atoms with E-state index in [2.05, 4.69) is 75.2 Å². The van der Waals surface area contributed by atoms with Crippen molar-refractivity contribution in [2.45, 2.75) is 76.4 Å². The van der Waals surface area contributed by atoms with Gasteiger partial charge in [0.1, 0.15) is 29.5 Å². The van der Waals surface area contributed by atoms with Gasteiger partial charge in [0.15, 0.2) is 5.82 Å². The zero-order valence-corrected chi connectivity index (χ0v) is 20.3. The van der Waals surface area contributed by atoms with Crippen molar-refractivity contribution >= 4 is 17.5 Å². The first kappa shape index (κ1) is 23.1. The molecule has 2 fully saturated rings. The van der Waals surface area contributed by atoms with Gasteiger partial charge in [-0.2, -0.15) is 14.9 Å². The molecule has 0 spiro atoms. The van der Waals surface area contributed by atoms with Crippen molar-refractivity contribution in [1.29, 1.82) is 5.26 Å². The summed E-state index contributed by atoms with van der Waals surface area (Å²) in [5.41, 5.74) is 1.76. The van der Waals surface area contributed by atoms with Crippen LogP contribution in [0, 0.1) is 17.1 Å². The van der Waals surface area contributed by atoms with Crippen molar-refractivity contribution in [1.82, 2.24) is 35.5 Å². The summed E-state index contributed by atoms with van der Waals surface area (Å²) in [6, 6.07) is 5.73. The number of nitriles is 1. The molecule has 2 aromatic heterocycles. The van der Waals surface area contributed by atoms with Crippen molar-refractivity contribution in [3.05, 3.63) is 41.6 Å². The number of benzene rings is 1. The lowest BCUT2D eigenvalue weighted by Gasteiger charge is -2.46. The summed E-state index contributed by atoms with van der Waals surface area (Å²) in [7, 11) is 0. The van der Waals surface area contributed by atoms with Crippen LogP contribution < -0.4 is 16.0 Å². The molecule has 2 aliphatic rings. The van der Waals surface area contributed by atoms with Crippen LogP contribution in [0.25, 0.3) is 5.69 Å². The molecule has 0 amide bonds. The molecule has 0 unspecified atom stereocenters. The highest BCUT2D eigenvalue weighted by atomic mass is 19.1. The first-order valence-electron chi connectivity index (χ1n) is 11.8. The molecule has 1 saturated carbocycles. The largest absolute Gasteiger partial charge is 0.366 e. The average molecular weight is 477 g/mol. The van der Waals surface area contributed by atoms with E-state index < -0.39 is 0 Å². The molecule has 3 N–H and O–H groups in total. The van der Waals surface area contributed by atoms with Crippen LogP contribution in [0.5, 0.6) is 0 Å². The van der Waals surface area contributed by atoms with E-state index in [1.165, 1.54) is 17.2 Å². The molecule has 1 saturated heterocycles. The van der Waals surface area contributed by atoms with Gasteiger partial charge >= 0.3 is 0 Å². The number of piperidine rings is 1. The quantitative estimate of drug-likeness (QED) is 0.486. The third kappa shape index (κ3) is 5.07. The van der Waals surface area contributed by atoms with E-state index in [0.717, 1.165) is 25.7 Å². The molecular formula is C24H29FN10. The SMILES string of the molecule is CC1(C)CC(Nc2nc(Nc3cc(C4CC4)c(F)c(-n4cnnn4)c3)ncc2C#N)CC(C)(C)N1. The van der Waals surface area contributed by atoms with E-state index in [1.54, 1.807) is 12.1 Å². The van der Waals surface area contributed by atoms with Gasteiger partial charge in [-0.3, -0.25) is 0 Å². The topological polar surface area (TPSA) is 129 Å². The summed E-state index contributed by atoms with van der Waals surface area (Å²) in [4.78, 5) is 8.94. The summed E-state index contributed by atoms with van der Waals surface area (Å²) in [5, 5.41) is 31.1. The van der Waals surface area contributed by atoms with Gasteiger partial charge in [-0.1, -0.05) is 0 Å². The predicted octanol–water partition coefficient (Wildman–Crippen LogP) is 3.81. The van der Waals surface area contributed by atoms with Crippen LogP contribution in [0.3, 0.4) is 0 Å². The number of hydrogen-bond donors (Lipinski definition) is 3. The fourth-order valence-corrected chi connectivity index (χ4v) is 5.21. The van der Waals surface area contributed by atoms with Crippen LogP contribution in [0.4, 0.5) is 21.8 Å². The van der Waals surface area contributed by atoms with Crippen LogP contribution in [-0.4, -0.2) is 47.3 Å². The molecule has 0 atom stereocenters. The Morgan fingerprint density at radius 2 is 1.91 bits per heavy atom. The van der Waals surface area contributed by atoms with Crippen molar-refractivity contribution < 1.29 is 4.39 Å². The fraction of sp³-hybridized carbons (Fsp3) is 0.500. The monoisotopic (exact) mass is 476 g/mol. The molecule has 5 rings (SSSR count). The maximum absolute atomic E-state index is 15.2. The Hall–Kier alpha value is -3.65. The first-order valence-corrected chi connectivity index (χ1v) is 11.8. The third-order valence-corrected chi connectivity index (χ3v) is 6.39. The second-order valence-electron chi connectivity index (χ2n) is 10.8. The normalized spacial score (nSPS) is 19.2. The van der Waals surface area contributed by atoms with Crippen LogP contribution in [-0.2, 0) is 0 Å². The highest BCUT2D eigenvalue weighted by Gasteiger charge is 2.38. The Morgan fingerprint density at radius 1 is 1.17 bits per heavy atom. The number of nitrogens with zero attached hydrogens (tertiary/aromatic N) is 7. The summed E-state index contributed by atoms with van der Waals surface area (Å²) in [6.07, 6.45) is 6.52. The van der Waals surface area contributed by atoms with Gasteiger partial charge in [-0.05, 0) is 87.4 Å². The van der Waals surface area contributed by atoms with Crippen LogP contribution >= 0.6 is 0 Å². The summed E-state index contributed by atoms with van der Waals surface area (Å²) in [5.74, 6) is 0.644. The van der Waals surface area contributed by atoms with E-state index in [-0.39, 0.29) is 34.5 Å². The van der Waals surface area contributed by atoms with E-state index in [9.17, 15) is 5.26 Å².